The van der Waals surface area contributed by atoms with Crippen LogP contribution in [0.3, 0.4) is 0 Å². The number of aryl methyl sites for hydroxylation is 4. The molecule has 0 bridgehead atoms. The number of fused-ring (bicyclic) bond motifs is 7. The van der Waals surface area contributed by atoms with Crippen LogP contribution < -0.4 is 4.57 Å². The monoisotopic (exact) mass is 403 g/mol. The third-order valence-electron chi connectivity index (χ3n) is 7.46. The molecule has 0 amide bonds. The van der Waals surface area contributed by atoms with E-state index in [4.69, 9.17) is 4.98 Å². The average Bonchev–Trinajstić information content (AvgIpc) is 3.30. The fourth-order valence-corrected chi connectivity index (χ4v) is 5.73. The standard InChI is InChI=1S/C29H27N2/c1-16-11-18(3)19(4)23(12-16)29-26-14-25-24-13-22-17(2)7-6-8-20(22)27(24)15-30-28(25)21(26)9-10-31(29)5/h6-12,15H,13-14H2,1-5H3/q+1. The Bertz CT molecular complexity index is 1430. The molecule has 0 atom stereocenters. The molecule has 2 heterocycles. The van der Waals surface area contributed by atoms with Gasteiger partial charge in [-0.3, -0.25) is 4.98 Å². The van der Waals surface area contributed by atoms with E-state index in [1.165, 1.54) is 78.1 Å². The highest BCUT2D eigenvalue weighted by Crippen LogP contribution is 2.47. The summed E-state index contributed by atoms with van der Waals surface area (Å²) in [5.41, 5.74) is 19.1. The van der Waals surface area contributed by atoms with Crippen LogP contribution >= 0.6 is 0 Å². The zero-order valence-electron chi connectivity index (χ0n) is 18.9. The van der Waals surface area contributed by atoms with E-state index in [0.29, 0.717) is 0 Å². The maximum atomic E-state index is 5.01. The Hall–Kier alpha value is -3.26. The Balaban J connectivity index is 1.57. The highest BCUT2D eigenvalue weighted by atomic mass is 14.9. The van der Waals surface area contributed by atoms with Crippen molar-refractivity contribution < 1.29 is 4.57 Å². The fraction of sp³-hybridized carbons (Fsp3) is 0.241. The zero-order chi connectivity index (χ0) is 21.4. The van der Waals surface area contributed by atoms with Gasteiger partial charge < -0.3 is 0 Å². The van der Waals surface area contributed by atoms with Crippen LogP contribution in [0, 0.1) is 27.7 Å². The van der Waals surface area contributed by atoms with Gasteiger partial charge in [-0.05, 0) is 79.1 Å². The topological polar surface area (TPSA) is 16.8 Å². The van der Waals surface area contributed by atoms with Crippen molar-refractivity contribution in [2.45, 2.75) is 40.5 Å². The van der Waals surface area contributed by atoms with Gasteiger partial charge in [-0.2, -0.15) is 0 Å². The van der Waals surface area contributed by atoms with Crippen LogP contribution in [0.4, 0.5) is 0 Å². The van der Waals surface area contributed by atoms with Crippen molar-refractivity contribution in [1.29, 1.82) is 0 Å². The van der Waals surface area contributed by atoms with Gasteiger partial charge in [-0.1, -0.05) is 29.8 Å². The number of nitrogens with zero attached hydrogens (tertiary/aromatic N) is 2. The first-order valence-corrected chi connectivity index (χ1v) is 11.1. The minimum Gasteiger partial charge on any atom is -0.255 e. The largest absolute Gasteiger partial charge is 0.255 e. The summed E-state index contributed by atoms with van der Waals surface area (Å²) in [7, 11) is 2.17. The second-order valence-electron chi connectivity index (χ2n) is 9.35. The van der Waals surface area contributed by atoms with Crippen LogP contribution in [0.5, 0.6) is 0 Å². The molecule has 2 aromatic heterocycles. The Morgan fingerprint density at radius 1 is 0.742 bits per heavy atom. The highest BCUT2D eigenvalue weighted by molar-refractivity contribution is 5.87. The molecule has 6 rings (SSSR count). The molecule has 31 heavy (non-hydrogen) atoms. The van der Waals surface area contributed by atoms with Crippen molar-refractivity contribution >= 4 is 0 Å². The summed E-state index contributed by atoms with van der Waals surface area (Å²) in [5.74, 6) is 0. The molecule has 2 nitrogen and oxygen atoms in total. The minimum atomic E-state index is 0.963. The van der Waals surface area contributed by atoms with Crippen molar-refractivity contribution in [3.8, 4) is 33.6 Å². The Labute approximate surface area is 184 Å². The predicted molar refractivity (Wildman–Crippen MR) is 126 cm³/mol. The van der Waals surface area contributed by atoms with E-state index in [-0.39, 0.29) is 0 Å². The summed E-state index contributed by atoms with van der Waals surface area (Å²) in [6.07, 6.45) is 6.31. The summed E-state index contributed by atoms with van der Waals surface area (Å²) in [6, 6.07) is 13.5. The molecule has 0 spiro atoms. The molecule has 2 heteroatoms. The van der Waals surface area contributed by atoms with Gasteiger partial charge in [-0.15, -0.1) is 0 Å². The van der Waals surface area contributed by atoms with Gasteiger partial charge in [0.05, 0.1) is 5.69 Å². The van der Waals surface area contributed by atoms with Crippen LogP contribution in [0.1, 0.15) is 44.5 Å². The van der Waals surface area contributed by atoms with Gasteiger partial charge in [0, 0.05) is 40.9 Å². The first-order valence-electron chi connectivity index (χ1n) is 11.1. The second kappa shape index (κ2) is 6.37. The predicted octanol–water partition coefficient (Wildman–Crippen LogP) is 5.95. The van der Waals surface area contributed by atoms with Crippen LogP contribution in [0.2, 0.25) is 0 Å². The minimum absolute atomic E-state index is 0.963. The lowest BCUT2D eigenvalue weighted by molar-refractivity contribution is -0.660. The van der Waals surface area contributed by atoms with Gasteiger partial charge in [0.2, 0.25) is 5.69 Å². The Morgan fingerprint density at radius 2 is 1.55 bits per heavy atom. The number of benzene rings is 2. The number of pyridine rings is 2. The first-order chi connectivity index (χ1) is 14.9. The molecule has 0 aliphatic heterocycles. The molecule has 2 aliphatic carbocycles. The SMILES string of the molecule is Cc1cc(C)c(C)c(-c2c3c(cc[n+]2C)-c2ncc4c(c2C3)Cc2c(C)cccc2-4)c1. The molecule has 0 radical (unpaired) electrons. The number of hydrogen-bond acceptors (Lipinski definition) is 1. The van der Waals surface area contributed by atoms with Crippen molar-refractivity contribution in [2.75, 3.05) is 0 Å². The summed E-state index contributed by atoms with van der Waals surface area (Å²) in [4.78, 5) is 5.01. The van der Waals surface area contributed by atoms with E-state index >= 15 is 0 Å². The molecule has 152 valence electrons. The molecule has 0 unspecified atom stereocenters. The van der Waals surface area contributed by atoms with Gasteiger partial charge in [-0.25, -0.2) is 4.57 Å². The van der Waals surface area contributed by atoms with Crippen molar-refractivity contribution in [1.82, 2.24) is 4.98 Å². The molecule has 0 saturated carbocycles. The van der Waals surface area contributed by atoms with Gasteiger partial charge in [0.25, 0.3) is 0 Å². The van der Waals surface area contributed by atoms with E-state index in [1.54, 1.807) is 0 Å². The van der Waals surface area contributed by atoms with Crippen LogP contribution in [-0.4, -0.2) is 4.98 Å². The fourth-order valence-electron chi connectivity index (χ4n) is 5.73. The molecule has 2 aliphatic rings. The van der Waals surface area contributed by atoms with Crippen molar-refractivity contribution in [3.05, 3.63) is 93.3 Å². The van der Waals surface area contributed by atoms with Gasteiger partial charge in [0.15, 0.2) is 6.20 Å². The Morgan fingerprint density at radius 3 is 2.39 bits per heavy atom. The van der Waals surface area contributed by atoms with E-state index in [9.17, 15) is 0 Å². The van der Waals surface area contributed by atoms with E-state index in [2.05, 4.69) is 88.1 Å². The summed E-state index contributed by atoms with van der Waals surface area (Å²) in [6.45, 7) is 8.90. The van der Waals surface area contributed by atoms with Gasteiger partial charge >= 0.3 is 0 Å². The molecule has 4 aromatic rings. The van der Waals surface area contributed by atoms with E-state index in [1.807, 2.05) is 0 Å². The summed E-state index contributed by atoms with van der Waals surface area (Å²) < 4.78 is 2.30. The number of rotatable bonds is 1. The van der Waals surface area contributed by atoms with Crippen LogP contribution in [-0.2, 0) is 19.9 Å². The van der Waals surface area contributed by atoms with Crippen LogP contribution in [0.15, 0.2) is 48.8 Å². The molecule has 0 N–H and O–H groups in total. The first kappa shape index (κ1) is 18.5. The maximum absolute atomic E-state index is 5.01. The van der Waals surface area contributed by atoms with Crippen LogP contribution in [0.25, 0.3) is 33.6 Å². The molecule has 2 aromatic carbocycles. The maximum Gasteiger partial charge on any atom is 0.216 e. The number of hydrogen-bond donors (Lipinski definition) is 0. The average molecular weight is 404 g/mol. The van der Waals surface area contributed by atoms with Crippen molar-refractivity contribution in [3.63, 3.8) is 0 Å². The molecular weight excluding hydrogens is 376 g/mol. The molecule has 0 saturated heterocycles. The van der Waals surface area contributed by atoms with Gasteiger partial charge in [0.1, 0.15) is 7.05 Å². The van der Waals surface area contributed by atoms with Crippen molar-refractivity contribution in [2.24, 2.45) is 7.05 Å². The summed E-state index contributed by atoms with van der Waals surface area (Å²) in [5, 5.41) is 0. The summed E-state index contributed by atoms with van der Waals surface area (Å²) >= 11 is 0. The van der Waals surface area contributed by atoms with E-state index in [0.717, 1.165) is 12.8 Å². The second-order valence-corrected chi connectivity index (χ2v) is 9.35. The molecule has 0 fully saturated rings. The smallest absolute Gasteiger partial charge is 0.216 e. The molecular formula is C29H27N2+. The van der Waals surface area contributed by atoms with E-state index < -0.39 is 0 Å². The number of aromatic nitrogens is 2. The lowest BCUT2D eigenvalue weighted by Crippen LogP contribution is -2.32. The lowest BCUT2D eigenvalue weighted by atomic mass is 9.93. The third kappa shape index (κ3) is 2.51. The highest BCUT2D eigenvalue weighted by Gasteiger charge is 2.34. The quantitative estimate of drug-likeness (QED) is 0.310. The zero-order valence-corrected chi connectivity index (χ0v) is 18.9. The third-order valence-corrected chi connectivity index (χ3v) is 7.46. The lowest BCUT2D eigenvalue weighted by Gasteiger charge is -2.12. The normalized spacial score (nSPS) is 13.1. The Kier molecular flexibility index (Phi) is 3.80.